The number of likely N-dealkylation sites (N-methyl/N-ethyl adjacent to an activating group) is 1. The molecule has 0 unspecified atom stereocenters. The second kappa shape index (κ2) is 5.65. The predicted octanol–water partition coefficient (Wildman–Crippen LogP) is 2.86. The second-order valence-corrected chi connectivity index (χ2v) is 5.56. The van der Waals surface area contributed by atoms with E-state index in [0.29, 0.717) is 12.1 Å². The van der Waals surface area contributed by atoms with E-state index < -0.39 is 5.60 Å². The fourth-order valence-corrected chi connectivity index (χ4v) is 2.12. The monoisotopic (exact) mass is 299 g/mol. The summed E-state index contributed by atoms with van der Waals surface area (Å²) in [6.07, 6.45) is 0.840. The van der Waals surface area contributed by atoms with Crippen molar-refractivity contribution in [2.45, 2.75) is 26.4 Å². The van der Waals surface area contributed by atoms with Gasteiger partial charge in [0.05, 0.1) is 5.60 Å². The molecule has 1 N–H and O–H groups in total. The zero-order valence-corrected chi connectivity index (χ0v) is 12.0. The van der Waals surface area contributed by atoms with Gasteiger partial charge in [-0.15, -0.1) is 0 Å². The van der Waals surface area contributed by atoms with Gasteiger partial charge >= 0.3 is 0 Å². The van der Waals surface area contributed by atoms with Gasteiger partial charge in [-0.25, -0.2) is 0 Å². The Morgan fingerprint density at radius 2 is 2.12 bits per heavy atom. The molecule has 0 aliphatic rings. The van der Waals surface area contributed by atoms with Crippen LogP contribution in [0.2, 0.25) is 0 Å². The summed E-state index contributed by atoms with van der Waals surface area (Å²) in [5, 5.41) is 9.86. The van der Waals surface area contributed by atoms with E-state index in [1.54, 1.807) is 19.9 Å². The molecule has 0 heterocycles. The second-order valence-electron chi connectivity index (χ2n) is 4.65. The number of nitrogens with zero attached hydrogens (tertiary/aromatic N) is 1. The van der Waals surface area contributed by atoms with Crippen LogP contribution in [0.3, 0.4) is 0 Å². The van der Waals surface area contributed by atoms with E-state index >= 15 is 0 Å². The Morgan fingerprint density at radius 1 is 1.47 bits per heavy atom. The maximum Gasteiger partial charge on any atom is 0.152 e. The van der Waals surface area contributed by atoms with Crippen molar-refractivity contribution < 1.29 is 9.90 Å². The van der Waals surface area contributed by atoms with Crippen LogP contribution in [0.4, 0.5) is 5.69 Å². The lowest BCUT2D eigenvalue weighted by atomic mass is 10.1. The minimum atomic E-state index is -0.788. The molecule has 0 aliphatic carbocycles. The third-order valence-corrected chi connectivity index (χ3v) is 2.91. The average Bonchev–Trinajstić information content (AvgIpc) is 2.24. The summed E-state index contributed by atoms with van der Waals surface area (Å²) in [6.45, 7) is 6.75. The lowest BCUT2D eigenvalue weighted by Gasteiger charge is -2.30. The summed E-state index contributed by atoms with van der Waals surface area (Å²) >= 11 is 3.34. The molecule has 1 aromatic carbocycles. The molecule has 0 aromatic heterocycles. The van der Waals surface area contributed by atoms with Crippen LogP contribution in [0.15, 0.2) is 22.7 Å². The van der Waals surface area contributed by atoms with Crippen molar-refractivity contribution >= 4 is 27.9 Å². The molecule has 0 saturated carbocycles. The maximum atomic E-state index is 11.1. The summed E-state index contributed by atoms with van der Waals surface area (Å²) in [5.41, 5.74) is 0.696. The Balaban J connectivity index is 3.07. The van der Waals surface area contributed by atoms with Gasteiger partial charge in [0, 0.05) is 28.8 Å². The van der Waals surface area contributed by atoms with Gasteiger partial charge in [0.25, 0.3) is 0 Å². The molecule has 0 aliphatic heterocycles. The third kappa shape index (κ3) is 4.13. The van der Waals surface area contributed by atoms with E-state index in [1.165, 1.54) is 0 Å². The number of aldehydes is 1. The molecule has 1 rings (SSSR count). The SMILES string of the molecule is CCN(CC(C)(C)O)c1ccc(Br)cc1C=O. The minimum absolute atomic E-state index is 0.492. The molecule has 0 atom stereocenters. The highest BCUT2D eigenvalue weighted by Crippen LogP contribution is 2.24. The molecule has 0 radical (unpaired) electrons. The molecule has 0 bridgehead atoms. The average molecular weight is 300 g/mol. The summed E-state index contributed by atoms with van der Waals surface area (Å²) in [7, 11) is 0. The number of anilines is 1. The highest BCUT2D eigenvalue weighted by molar-refractivity contribution is 9.10. The molecule has 3 nitrogen and oxygen atoms in total. The standard InChI is InChI=1S/C13H18BrNO2/c1-4-15(9-13(2,3)17)12-6-5-11(14)7-10(12)8-16/h5-8,17H,4,9H2,1-3H3. The topological polar surface area (TPSA) is 40.5 Å². The van der Waals surface area contributed by atoms with Crippen LogP contribution >= 0.6 is 15.9 Å². The maximum absolute atomic E-state index is 11.1. The Labute approximate surface area is 111 Å². The lowest BCUT2D eigenvalue weighted by Crippen LogP contribution is -2.39. The van der Waals surface area contributed by atoms with Gasteiger partial charge in [0.2, 0.25) is 0 Å². The zero-order valence-electron chi connectivity index (χ0n) is 10.4. The van der Waals surface area contributed by atoms with Crippen LogP contribution < -0.4 is 4.90 Å². The number of benzene rings is 1. The number of hydrogen-bond donors (Lipinski definition) is 1. The van der Waals surface area contributed by atoms with E-state index in [4.69, 9.17) is 0 Å². The van der Waals surface area contributed by atoms with E-state index in [9.17, 15) is 9.90 Å². The number of hydrogen-bond acceptors (Lipinski definition) is 3. The number of carbonyl (C=O) groups is 1. The minimum Gasteiger partial charge on any atom is -0.389 e. The predicted molar refractivity (Wildman–Crippen MR) is 73.7 cm³/mol. The van der Waals surface area contributed by atoms with E-state index in [1.807, 2.05) is 24.0 Å². The van der Waals surface area contributed by atoms with Crippen molar-refractivity contribution in [1.29, 1.82) is 0 Å². The first-order valence-electron chi connectivity index (χ1n) is 5.59. The zero-order chi connectivity index (χ0) is 13.1. The van der Waals surface area contributed by atoms with E-state index in [0.717, 1.165) is 23.0 Å². The van der Waals surface area contributed by atoms with Gasteiger partial charge < -0.3 is 10.0 Å². The van der Waals surface area contributed by atoms with Gasteiger partial charge in [-0.3, -0.25) is 4.79 Å². The molecule has 94 valence electrons. The fourth-order valence-electron chi connectivity index (χ4n) is 1.74. The molecule has 0 spiro atoms. The Morgan fingerprint density at radius 3 is 2.59 bits per heavy atom. The van der Waals surface area contributed by atoms with Crippen LogP contribution in [0.25, 0.3) is 0 Å². The Kier molecular flexibility index (Phi) is 4.71. The van der Waals surface area contributed by atoms with Crippen molar-refractivity contribution in [2.75, 3.05) is 18.0 Å². The molecule has 1 aromatic rings. The van der Waals surface area contributed by atoms with Crippen molar-refractivity contribution in [2.24, 2.45) is 0 Å². The van der Waals surface area contributed by atoms with Gasteiger partial charge in [-0.1, -0.05) is 15.9 Å². The third-order valence-electron chi connectivity index (χ3n) is 2.42. The lowest BCUT2D eigenvalue weighted by molar-refractivity contribution is 0.0874. The first kappa shape index (κ1) is 14.2. The van der Waals surface area contributed by atoms with E-state index in [-0.39, 0.29) is 0 Å². The normalized spacial score (nSPS) is 11.4. The molecule has 17 heavy (non-hydrogen) atoms. The molecule has 0 fully saturated rings. The van der Waals surface area contributed by atoms with Crippen molar-refractivity contribution in [3.63, 3.8) is 0 Å². The van der Waals surface area contributed by atoms with Gasteiger partial charge in [-0.05, 0) is 39.0 Å². The fraction of sp³-hybridized carbons (Fsp3) is 0.462. The molecular weight excluding hydrogens is 282 g/mol. The largest absolute Gasteiger partial charge is 0.389 e. The summed E-state index contributed by atoms with van der Waals surface area (Å²) < 4.78 is 0.877. The highest BCUT2D eigenvalue weighted by atomic mass is 79.9. The Hall–Kier alpha value is -0.870. The highest BCUT2D eigenvalue weighted by Gasteiger charge is 2.19. The van der Waals surface area contributed by atoms with Crippen molar-refractivity contribution in [3.8, 4) is 0 Å². The van der Waals surface area contributed by atoms with Gasteiger partial charge in [-0.2, -0.15) is 0 Å². The van der Waals surface area contributed by atoms with Crippen LogP contribution in [0.5, 0.6) is 0 Å². The number of rotatable bonds is 5. The first-order valence-corrected chi connectivity index (χ1v) is 6.38. The van der Waals surface area contributed by atoms with Crippen LogP contribution in [0, 0.1) is 0 Å². The number of halogens is 1. The van der Waals surface area contributed by atoms with Gasteiger partial charge in [0.1, 0.15) is 0 Å². The van der Waals surface area contributed by atoms with Crippen LogP contribution in [-0.2, 0) is 0 Å². The Bertz CT molecular complexity index is 399. The van der Waals surface area contributed by atoms with Crippen molar-refractivity contribution in [3.05, 3.63) is 28.2 Å². The van der Waals surface area contributed by atoms with Crippen molar-refractivity contribution in [1.82, 2.24) is 0 Å². The van der Waals surface area contributed by atoms with E-state index in [2.05, 4.69) is 15.9 Å². The molecular formula is C13H18BrNO2. The summed E-state index contributed by atoms with van der Waals surface area (Å²) in [5.74, 6) is 0. The first-order chi connectivity index (χ1) is 7.87. The van der Waals surface area contributed by atoms with Crippen LogP contribution in [0.1, 0.15) is 31.1 Å². The smallest absolute Gasteiger partial charge is 0.152 e. The van der Waals surface area contributed by atoms with Crippen LogP contribution in [-0.4, -0.2) is 30.1 Å². The molecule has 0 saturated heterocycles. The summed E-state index contributed by atoms with van der Waals surface area (Å²) in [4.78, 5) is 13.1. The van der Waals surface area contributed by atoms with Gasteiger partial charge in [0.15, 0.2) is 6.29 Å². The number of carbonyl (C=O) groups excluding carboxylic acids is 1. The summed E-state index contributed by atoms with van der Waals surface area (Å²) in [6, 6.07) is 5.58. The number of aliphatic hydroxyl groups is 1. The quantitative estimate of drug-likeness (QED) is 0.850. The molecule has 0 amide bonds. The molecule has 4 heteroatoms.